The Labute approximate surface area is 164 Å². The van der Waals surface area contributed by atoms with Crippen molar-refractivity contribution in [3.05, 3.63) is 64.1 Å². The highest BCUT2D eigenvalue weighted by Gasteiger charge is 2.38. The second kappa shape index (κ2) is 5.95. The second-order valence-electron chi connectivity index (χ2n) is 7.10. The summed E-state index contributed by atoms with van der Waals surface area (Å²) in [5, 5.41) is 8.21. The lowest BCUT2D eigenvalue weighted by atomic mass is 9.74. The van der Waals surface area contributed by atoms with Crippen LogP contribution < -0.4 is 0 Å². The fourth-order valence-corrected chi connectivity index (χ4v) is 4.37. The summed E-state index contributed by atoms with van der Waals surface area (Å²) in [6, 6.07) is 1.77. The van der Waals surface area contributed by atoms with Crippen molar-refractivity contribution in [2.45, 2.75) is 26.7 Å². The van der Waals surface area contributed by atoms with E-state index in [0.29, 0.717) is 11.3 Å². The molecule has 1 aliphatic carbocycles. The van der Waals surface area contributed by atoms with Gasteiger partial charge >= 0.3 is 0 Å². The minimum atomic E-state index is -0.0955. The lowest BCUT2D eigenvalue weighted by molar-refractivity contribution is -0.160. The van der Waals surface area contributed by atoms with Crippen molar-refractivity contribution in [3.63, 3.8) is 0 Å². The first-order valence-corrected chi connectivity index (χ1v) is 9.72. The van der Waals surface area contributed by atoms with Gasteiger partial charge < -0.3 is 4.84 Å². The largest absolute Gasteiger partial charge is 0.363 e. The number of hydrogen-bond donors (Lipinski definition) is 0. The number of aromatic nitrogens is 3. The standard InChI is InChI=1S/C19H18BrN5O2/c1-11-9-24-17-4-3-15(12(2)14(17)5-6-25(24)27-11)19(26)16-7-18-21-8-13(20)10-23(18)22-16/h5-10,12,15H,3-4H2,1-2H3. The molecule has 138 valence electrons. The molecule has 0 spiro atoms. The van der Waals surface area contributed by atoms with E-state index in [0.717, 1.165) is 23.1 Å². The lowest BCUT2D eigenvalue weighted by Crippen LogP contribution is -2.38. The van der Waals surface area contributed by atoms with Gasteiger partial charge in [-0.1, -0.05) is 6.92 Å². The Bertz CT molecular complexity index is 1050. The molecule has 0 saturated carbocycles. The highest BCUT2D eigenvalue weighted by Crippen LogP contribution is 2.42. The number of halogens is 1. The van der Waals surface area contributed by atoms with Crippen LogP contribution in [0.15, 0.2) is 58.4 Å². The van der Waals surface area contributed by atoms with Crippen LogP contribution in [0.4, 0.5) is 0 Å². The van der Waals surface area contributed by atoms with Gasteiger partial charge in [0.25, 0.3) is 0 Å². The van der Waals surface area contributed by atoms with Crippen LogP contribution in [0.2, 0.25) is 0 Å². The molecule has 8 heteroatoms. The molecule has 2 aromatic heterocycles. The van der Waals surface area contributed by atoms with Crippen LogP contribution in [0.1, 0.15) is 37.2 Å². The third kappa shape index (κ3) is 2.58. The topological polar surface area (TPSA) is 63.0 Å². The zero-order valence-electron chi connectivity index (χ0n) is 15.0. The number of fused-ring (bicyclic) bond motifs is 3. The molecular formula is C19H18BrN5O2. The van der Waals surface area contributed by atoms with E-state index >= 15 is 0 Å². The third-order valence-corrected chi connectivity index (χ3v) is 5.81. The summed E-state index contributed by atoms with van der Waals surface area (Å²) in [7, 11) is 0. The van der Waals surface area contributed by atoms with Crippen molar-refractivity contribution >= 4 is 27.4 Å². The van der Waals surface area contributed by atoms with Crippen LogP contribution in [-0.2, 0) is 4.84 Å². The second-order valence-corrected chi connectivity index (χ2v) is 8.01. The van der Waals surface area contributed by atoms with Crippen molar-refractivity contribution in [2.75, 3.05) is 0 Å². The number of hydrazine groups is 1. The number of hydroxylamine groups is 1. The van der Waals surface area contributed by atoms with Crippen LogP contribution in [0.3, 0.4) is 0 Å². The first-order chi connectivity index (χ1) is 13.0. The van der Waals surface area contributed by atoms with Gasteiger partial charge in [0.1, 0.15) is 11.5 Å². The Morgan fingerprint density at radius 2 is 2.26 bits per heavy atom. The molecule has 7 nitrogen and oxygen atoms in total. The summed E-state index contributed by atoms with van der Waals surface area (Å²) < 4.78 is 2.47. The van der Waals surface area contributed by atoms with Crippen LogP contribution in [0.25, 0.3) is 5.65 Å². The average molecular weight is 428 g/mol. The van der Waals surface area contributed by atoms with Crippen molar-refractivity contribution < 1.29 is 9.63 Å². The van der Waals surface area contributed by atoms with E-state index in [9.17, 15) is 4.79 Å². The van der Waals surface area contributed by atoms with Crippen molar-refractivity contribution in [1.82, 2.24) is 24.8 Å². The molecule has 4 heterocycles. The van der Waals surface area contributed by atoms with Crippen molar-refractivity contribution in [2.24, 2.45) is 11.8 Å². The van der Waals surface area contributed by atoms with E-state index in [-0.39, 0.29) is 17.6 Å². The number of Topliss-reactive ketones (excluding diaryl/α,β-unsaturated/α-hetero) is 1. The molecule has 0 aromatic carbocycles. The predicted molar refractivity (Wildman–Crippen MR) is 102 cm³/mol. The summed E-state index contributed by atoms with van der Waals surface area (Å²) in [5.41, 5.74) is 3.54. The number of carbonyl (C=O) groups is 1. The Balaban J connectivity index is 1.46. The van der Waals surface area contributed by atoms with E-state index in [1.165, 1.54) is 11.3 Å². The average Bonchev–Trinajstić information content (AvgIpc) is 3.23. The number of hydrogen-bond acceptors (Lipinski definition) is 6. The minimum absolute atomic E-state index is 0.0795. The van der Waals surface area contributed by atoms with E-state index in [1.54, 1.807) is 22.0 Å². The molecule has 2 aromatic rings. The smallest absolute Gasteiger partial charge is 0.186 e. The van der Waals surface area contributed by atoms with Crippen LogP contribution in [0.5, 0.6) is 0 Å². The lowest BCUT2D eigenvalue weighted by Gasteiger charge is -2.39. The number of carbonyl (C=O) groups excluding carboxylic acids is 1. The number of allylic oxidation sites excluding steroid dienone is 4. The van der Waals surface area contributed by atoms with Gasteiger partial charge in [-0.3, -0.25) is 4.79 Å². The molecule has 2 aliphatic heterocycles. The maximum absolute atomic E-state index is 13.2. The summed E-state index contributed by atoms with van der Waals surface area (Å²) >= 11 is 3.38. The van der Waals surface area contributed by atoms with Crippen LogP contribution in [-0.4, -0.2) is 30.6 Å². The normalized spacial score (nSPS) is 24.0. The van der Waals surface area contributed by atoms with E-state index in [2.05, 4.69) is 39.0 Å². The first-order valence-electron chi connectivity index (χ1n) is 8.92. The van der Waals surface area contributed by atoms with Gasteiger partial charge in [0.2, 0.25) is 0 Å². The molecular weight excluding hydrogens is 410 g/mol. The van der Waals surface area contributed by atoms with Gasteiger partial charge in [0.05, 0.1) is 16.9 Å². The van der Waals surface area contributed by atoms with Gasteiger partial charge in [0, 0.05) is 30.1 Å². The van der Waals surface area contributed by atoms with Crippen molar-refractivity contribution in [3.8, 4) is 0 Å². The Morgan fingerprint density at radius 3 is 3.11 bits per heavy atom. The molecule has 0 amide bonds. The Hall–Kier alpha value is -2.61. The maximum atomic E-state index is 13.2. The van der Waals surface area contributed by atoms with Gasteiger partial charge in [-0.15, -0.1) is 5.17 Å². The highest BCUT2D eigenvalue weighted by molar-refractivity contribution is 9.10. The molecule has 2 unspecified atom stereocenters. The monoisotopic (exact) mass is 427 g/mol. The van der Waals surface area contributed by atoms with Crippen molar-refractivity contribution in [1.29, 1.82) is 0 Å². The number of rotatable bonds is 2. The zero-order valence-corrected chi connectivity index (χ0v) is 16.5. The zero-order chi connectivity index (χ0) is 18.7. The fourth-order valence-electron chi connectivity index (χ4n) is 4.07. The summed E-state index contributed by atoms with van der Waals surface area (Å²) in [6.45, 7) is 4.05. The molecule has 3 aliphatic rings. The van der Waals surface area contributed by atoms with Gasteiger partial charge in [-0.25, -0.2) is 14.5 Å². The molecule has 0 fully saturated rings. The quantitative estimate of drug-likeness (QED) is 0.678. The molecule has 5 rings (SSSR count). The predicted octanol–water partition coefficient (Wildman–Crippen LogP) is 3.83. The summed E-state index contributed by atoms with van der Waals surface area (Å²) in [6.07, 6.45) is 11.1. The SMILES string of the molecule is CC1=CN2C3=C(C=CN2O1)C(C)C(C(=O)c1cc2ncc(Br)cn2n1)CC3. The van der Waals surface area contributed by atoms with E-state index in [1.807, 2.05) is 30.5 Å². The summed E-state index contributed by atoms with van der Waals surface area (Å²) in [4.78, 5) is 23.1. The highest BCUT2D eigenvalue weighted by atomic mass is 79.9. The molecule has 2 atom stereocenters. The molecule has 27 heavy (non-hydrogen) atoms. The maximum Gasteiger partial charge on any atom is 0.186 e. The summed E-state index contributed by atoms with van der Waals surface area (Å²) in [5.74, 6) is 0.943. The molecule has 0 radical (unpaired) electrons. The minimum Gasteiger partial charge on any atom is -0.363 e. The fraction of sp³-hybridized carbons (Fsp3) is 0.316. The Kier molecular flexibility index (Phi) is 3.65. The first kappa shape index (κ1) is 16.6. The number of nitrogens with zero attached hydrogens (tertiary/aromatic N) is 5. The Morgan fingerprint density at radius 1 is 1.41 bits per heavy atom. The number of ketones is 1. The van der Waals surface area contributed by atoms with Crippen LogP contribution in [0, 0.1) is 11.8 Å². The van der Waals surface area contributed by atoms with Crippen LogP contribution >= 0.6 is 15.9 Å². The van der Waals surface area contributed by atoms with Gasteiger partial charge in [-0.2, -0.15) is 5.10 Å². The third-order valence-electron chi connectivity index (χ3n) is 5.40. The molecule has 0 saturated heterocycles. The van der Waals surface area contributed by atoms with Gasteiger partial charge in [0.15, 0.2) is 11.4 Å². The molecule has 0 bridgehead atoms. The van der Waals surface area contributed by atoms with E-state index in [4.69, 9.17) is 4.84 Å². The van der Waals surface area contributed by atoms with Gasteiger partial charge in [-0.05, 0) is 53.3 Å². The van der Waals surface area contributed by atoms with E-state index < -0.39 is 0 Å². The molecule has 0 N–H and O–H groups in total.